The number of hydrogen-bond acceptors (Lipinski definition) is 8. The number of rotatable bonds is 11. The molecule has 192 valence electrons. The zero-order valence-electron chi connectivity index (χ0n) is 20.0. The summed E-state index contributed by atoms with van der Waals surface area (Å²) in [5.74, 6) is 0.0927. The lowest BCUT2D eigenvalue weighted by molar-refractivity contribution is -0.384. The second-order valence-electron chi connectivity index (χ2n) is 7.69. The van der Waals surface area contributed by atoms with Crippen LogP contribution in [0.3, 0.4) is 0 Å². The van der Waals surface area contributed by atoms with Gasteiger partial charge in [-0.15, -0.1) is 0 Å². The average molecular weight is 570 g/mol. The van der Waals surface area contributed by atoms with E-state index in [0.717, 1.165) is 6.42 Å². The van der Waals surface area contributed by atoms with Crippen LogP contribution < -0.4 is 19.6 Å². The van der Waals surface area contributed by atoms with Gasteiger partial charge in [-0.1, -0.05) is 22.9 Å². The van der Waals surface area contributed by atoms with Crippen LogP contribution in [0.4, 0.5) is 5.69 Å². The lowest BCUT2D eigenvalue weighted by Crippen LogP contribution is -2.33. The van der Waals surface area contributed by atoms with Crippen molar-refractivity contribution in [2.24, 2.45) is 5.10 Å². The zero-order chi connectivity index (χ0) is 26.8. The van der Waals surface area contributed by atoms with Gasteiger partial charge in [-0.05, 0) is 67.9 Å². The first kappa shape index (κ1) is 27.3. The van der Waals surface area contributed by atoms with Gasteiger partial charge in [0.25, 0.3) is 11.6 Å². The number of carbonyl (C=O) groups is 2. The van der Waals surface area contributed by atoms with Crippen LogP contribution in [-0.2, 0) is 4.79 Å². The molecule has 0 saturated carbocycles. The van der Waals surface area contributed by atoms with Crippen molar-refractivity contribution in [1.82, 2.24) is 5.43 Å². The fraction of sp³-hybridized carbons (Fsp3) is 0.192. The summed E-state index contributed by atoms with van der Waals surface area (Å²) in [6.07, 6.45) is 1.29. The van der Waals surface area contributed by atoms with Crippen molar-refractivity contribution in [2.75, 3.05) is 6.61 Å². The third kappa shape index (κ3) is 8.14. The Hall–Kier alpha value is -4.25. The average Bonchev–Trinajstić information content (AvgIpc) is 2.89. The maximum absolute atomic E-state index is 12.6. The number of nitro benzene ring substituents is 1. The summed E-state index contributed by atoms with van der Waals surface area (Å²) in [4.78, 5) is 35.2. The van der Waals surface area contributed by atoms with Crippen LogP contribution in [0.25, 0.3) is 0 Å². The highest BCUT2D eigenvalue weighted by atomic mass is 79.9. The standard InChI is InChI=1S/C26H24BrN3O7/c1-3-14-35-22-9-4-18(5-10-22)26(32)37-24-13-6-20(27)15-19(24)16-28-29-25(31)17(2)36-23-11-7-21(8-12-23)30(33)34/h4-13,15-17H,3,14H2,1-2H3,(H,29,31). The smallest absolute Gasteiger partial charge is 0.343 e. The molecule has 3 aromatic rings. The molecule has 0 spiro atoms. The lowest BCUT2D eigenvalue weighted by Gasteiger charge is -2.12. The summed E-state index contributed by atoms with van der Waals surface area (Å²) in [5.41, 5.74) is 3.06. The number of nitro groups is 1. The van der Waals surface area contributed by atoms with E-state index < -0.39 is 22.9 Å². The first-order chi connectivity index (χ1) is 17.8. The summed E-state index contributed by atoms with van der Waals surface area (Å²) < 4.78 is 17.3. The predicted octanol–water partition coefficient (Wildman–Crippen LogP) is 5.28. The van der Waals surface area contributed by atoms with Crippen molar-refractivity contribution in [3.05, 3.63) is 92.4 Å². The summed E-state index contributed by atoms with van der Waals surface area (Å²) >= 11 is 3.37. The van der Waals surface area contributed by atoms with Crippen LogP contribution in [0.5, 0.6) is 17.2 Å². The molecule has 1 unspecified atom stereocenters. The predicted molar refractivity (Wildman–Crippen MR) is 140 cm³/mol. The fourth-order valence-electron chi connectivity index (χ4n) is 2.94. The minimum absolute atomic E-state index is 0.0856. The van der Waals surface area contributed by atoms with Gasteiger partial charge in [0.1, 0.15) is 17.2 Å². The molecule has 1 amide bonds. The van der Waals surface area contributed by atoms with Crippen LogP contribution >= 0.6 is 15.9 Å². The van der Waals surface area contributed by atoms with Gasteiger partial charge in [0.05, 0.1) is 23.3 Å². The van der Waals surface area contributed by atoms with E-state index in [-0.39, 0.29) is 11.4 Å². The zero-order valence-corrected chi connectivity index (χ0v) is 21.6. The van der Waals surface area contributed by atoms with Crippen molar-refractivity contribution in [3.8, 4) is 17.2 Å². The molecule has 3 aromatic carbocycles. The highest BCUT2D eigenvalue weighted by molar-refractivity contribution is 9.10. The molecule has 0 aliphatic heterocycles. The number of ether oxygens (including phenoxy) is 3. The van der Waals surface area contributed by atoms with E-state index in [9.17, 15) is 19.7 Å². The van der Waals surface area contributed by atoms with Gasteiger partial charge in [-0.25, -0.2) is 10.2 Å². The molecule has 0 heterocycles. The highest BCUT2D eigenvalue weighted by Crippen LogP contribution is 2.23. The van der Waals surface area contributed by atoms with Crippen LogP contribution in [0.1, 0.15) is 36.2 Å². The van der Waals surface area contributed by atoms with Gasteiger partial charge in [0.2, 0.25) is 0 Å². The third-order valence-corrected chi connectivity index (χ3v) is 5.34. The second kappa shape index (κ2) is 13.2. The Morgan fingerprint density at radius 1 is 1.08 bits per heavy atom. The van der Waals surface area contributed by atoms with Gasteiger partial charge in [-0.2, -0.15) is 5.10 Å². The number of halogens is 1. The molecule has 0 saturated heterocycles. The normalized spacial score (nSPS) is 11.5. The van der Waals surface area contributed by atoms with Crippen LogP contribution in [0, 0.1) is 10.1 Å². The van der Waals surface area contributed by atoms with Crippen molar-refractivity contribution in [2.45, 2.75) is 26.4 Å². The molecule has 37 heavy (non-hydrogen) atoms. The van der Waals surface area contributed by atoms with Gasteiger partial charge in [0.15, 0.2) is 6.10 Å². The molecule has 0 fully saturated rings. The van der Waals surface area contributed by atoms with Crippen LogP contribution in [0.15, 0.2) is 76.3 Å². The van der Waals surface area contributed by atoms with Gasteiger partial charge in [0, 0.05) is 22.2 Å². The number of hydrazone groups is 1. The van der Waals surface area contributed by atoms with E-state index in [2.05, 4.69) is 26.5 Å². The Balaban J connectivity index is 1.61. The third-order valence-electron chi connectivity index (χ3n) is 4.85. The second-order valence-corrected chi connectivity index (χ2v) is 8.61. The number of hydrogen-bond donors (Lipinski definition) is 1. The van der Waals surface area contributed by atoms with E-state index >= 15 is 0 Å². The number of esters is 1. The van der Waals surface area contributed by atoms with Crippen molar-refractivity contribution in [1.29, 1.82) is 0 Å². The van der Waals surface area contributed by atoms with Crippen molar-refractivity contribution < 1.29 is 28.7 Å². The van der Waals surface area contributed by atoms with E-state index in [1.807, 2.05) is 6.92 Å². The van der Waals surface area contributed by atoms with Crippen LogP contribution in [-0.4, -0.2) is 35.7 Å². The Labute approximate surface area is 221 Å². The van der Waals surface area contributed by atoms with Gasteiger partial charge < -0.3 is 14.2 Å². The lowest BCUT2D eigenvalue weighted by atomic mass is 10.2. The first-order valence-electron chi connectivity index (χ1n) is 11.3. The largest absolute Gasteiger partial charge is 0.494 e. The number of nitrogens with zero attached hydrogens (tertiary/aromatic N) is 2. The van der Waals surface area contributed by atoms with E-state index in [1.54, 1.807) is 42.5 Å². The van der Waals surface area contributed by atoms with E-state index in [0.29, 0.717) is 33.7 Å². The molecule has 0 aromatic heterocycles. The maximum atomic E-state index is 12.6. The molecule has 1 atom stereocenters. The van der Waals surface area contributed by atoms with Gasteiger partial charge in [-0.3, -0.25) is 14.9 Å². The topological polar surface area (TPSA) is 129 Å². The summed E-state index contributed by atoms with van der Waals surface area (Å²) in [6.45, 7) is 4.10. The Kier molecular flexibility index (Phi) is 9.73. The van der Waals surface area contributed by atoms with E-state index in [1.165, 1.54) is 37.4 Å². The van der Waals surface area contributed by atoms with Crippen LogP contribution in [0.2, 0.25) is 0 Å². The Morgan fingerprint density at radius 3 is 2.41 bits per heavy atom. The van der Waals surface area contributed by atoms with Crippen molar-refractivity contribution in [3.63, 3.8) is 0 Å². The molecule has 0 radical (unpaired) electrons. The number of nitrogens with one attached hydrogen (secondary N) is 1. The number of amides is 1. The summed E-state index contributed by atoms with van der Waals surface area (Å²) in [5, 5.41) is 14.7. The summed E-state index contributed by atoms with van der Waals surface area (Å²) in [7, 11) is 0. The molecule has 1 N–H and O–H groups in total. The molecule has 0 bridgehead atoms. The molecule has 3 rings (SSSR count). The minimum atomic E-state index is -0.928. The molecular formula is C26H24BrN3O7. The number of carbonyl (C=O) groups excluding carboxylic acids is 2. The molecule has 10 nitrogen and oxygen atoms in total. The van der Waals surface area contributed by atoms with E-state index in [4.69, 9.17) is 14.2 Å². The minimum Gasteiger partial charge on any atom is -0.494 e. The highest BCUT2D eigenvalue weighted by Gasteiger charge is 2.16. The van der Waals surface area contributed by atoms with Crippen molar-refractivity contribution >= 4 is 39.7 Å². The number of non-ortho nitro benzene ring substituents is 1. The Bertz CT molecular complexity index is 1280. The monoisotopic (exact) mass is 569 g/mol. The maximum Gasteiger partial charge on any atom is 0.343 e. The molecular weight excluding hydrogens is 546 g/mol. The molecule has 0 aliphatic carbocycles. The summed E-state index contributed by atoms with van der Waals surface area (Å²) in [6, 6.07) is 17.0. The first-order valence-corrected chi connectivity index (χ1v) is 12.0. The molecule has 0 aliphatic rings. The Morgan fingerprint density at radius 2 is 1.76 bits per heavy atom. The quantitative estimate of drug-likeness (QED) is 0.109. The number of benzene rings is 3. The van der Waals surface area contributed by atoms with Gasteiger partial charge >= 0.3 is 5.97 Å². The molecule has 11 heteroatoms. The SMILES string of the molecule is CCCOc1ccc(C(=O)Oc2ccc(Br)cc2C=NNC(=O)C(C)Oc2ccc([N+](=O)[O-])cc2)cc1. The fourth-order valence-corrected chi connectivity index (χ4v) is 3.32.